The maximum Gasteiger partial charge on any atom is 0.131 e. The summed E-state index contributed by atoms with van der Waals surface area (Å²) in [5, 5.41) is 3.35. The molecule has 0 saturated carbocycles. The highest BCUT2D eigenvalue weighted by Gasteiger charge is 2.19. The lowest BCUT2D eigenvalue weighted by Crippen LogP contribution is -2.42. The zero-order chi connectivity index (χ0) is 18.6. The fourth-order valence-corrected chi connectivity index (χ4v) is 3.73. The van der Waals surface area contributed by atoms with Gasteiger partial charge >= 0.3 is 0 Å². The minimum atomic E-state index is -0.297. The van der Waals surface area contributed by atoms with Gasteiger partial charge in [0.05, 0.1) is 0 Å². The maximum absolute atomic E-state index is 14.7. The van der Waals surface area contributed by atoms with Gasteiger partial charge in [0, 0.05) is 43.9 Å². The predicted molar refractivity (Wildman–Crippen MR) is 105 cm³/mol. The van der Waals surface area contributed by atoms with Crippen molar-refractivity contribution in [3.63, 3.8) is 0 Å². The Morgan fingerprint density at radius 3 is 1.96 bits per heavy atom. The van der Waals surface area contributed by atoms with E-state index in [0.717, 1.165) is 42.9 Å². The number of halogens is 2. The van der Waals surface area contributed by atoms with E-state index < -0.39 is 0 Å². The first-order chi connectivity index (χ1) is 13.2. The first kappa shape index (κ1) is 17.8. The number of hydrogen-bond donors (Lipinski definition) is 1. The molecule has 1 aliphatic heterocycles. The minimum absolute atomic E-state index is 0.289. The first-order valence-electron chi connectivity index (χ1n) is 9.29. The van der Waals surface area contributed by atoms with Crippen LogP contribution in [-0.2, 0) is 6.54 Å². The van der Waals surface area contributed by atoms with E-state index in [1.807, 2.05) is 30.3 Å². The Labute approximate surface area is 158 Å². The molecule has 3 aromatic rings. The molecule has 4 heteroatoms. The summed E-state index contributed by atoms with van der Waals surface area (Å²) in [7, 11) is 0. The quantitative estimate of drug-likeness (QED) is 0.722. The second kappa shape index (κ2) is 7.99. The van der Waals surface area contributed by atoms with Gasteiger partial charge < -0.3 is 5.32 Å². The predicted octanol–water partition coefficient (Wildman–Crippen LogP) is 4.70. The Morgan fingerprint density at radius 1 is 0.704 bits per heavy atom. The van der Waals surface area contributed by atoms with Gasteiger partial charge in [0.25, 0.3) is 0 Å². The van der Waals surface area contributed by atoms with Crippen LogP contribution in [0.2, 0.25) is 0 Å². The molecule has 0 bridgehead atoms. The van der Waals surface area contributed by atoms with Crippen molar-refractivity contribution in [2.24, 2.45) is 0 Å². The first-order valence-corrected chi connectivity index (χ1v) is 9.29. The average molecular weight is 364 g/mol. The lowest BCUT2D eigenvalue weighted by molar-refractivity contribution is 0.233. The van der Waals surface area contributed by atoms with Gasteiger partial charge in [0.2, 0.25) is 0 Å². The molecule has 0 amide bonds. The molecule has 1 saturated heterocycles. The largest absolute Gasteiger partial charge is 0.314 e. The normalized spacial score (nSPS) is 15.0. The van der Waals surface area contributed by atoms with Crippen LogP contribution < -0.4 is 5.32 Å². The average Bonchev–Trinajstić information content (AvgIpc) is 2.70. The highest BCUT2D eigenvalue weighted by atomic mass is 19.1. The van der Waals surface area contributed by atoms with E-state index >= 15 is 0 Å². The molecular weight excluding hydrogens is 342 g/mol. The highest BCUT2D eigenvalue weighted by molar-refractivity contribution is 5.86. The zero-order valence-corrected chi connectivity index (χ0v) is 15.1. The van der Waals surface area contributed by atoms with E-state index in [4.69, 9.17) is 0 Å². The molecule has 1 heterocycles. The third-order valence-electron chi connectivity index (χ3n) is 5.06. The second-order valence-corrected chi connectivity index (χ2v) is 6.83. The summed E-state index contributed by atoms with van der Waals surface area (Å²) < 4.78 is 29.3. The van der Waals surface area contributed by atoms with Gasteiger partial charge in [-0.15, -0.1) is 0 Å². The topological polar surface area (TPSA) is 15.3 Å². The van der Waals surface area contributed by atoms with E-state index in [1.54, 1.807) is 24.3 Å². The van der Waals surface area contributed by atoms with Crippen LogP contribution in [0, 0.1) is 11.6 Å². The summed E-state index contributed by atoms with van der Waals surface area (Å²) in [5.41, 5.74) is 3.53. The van der Waals surface area contributed by atoms with Crippen molar-refractivity contribution in [2.45, 2.75) is 6.54 Å². The molecule has 138 valence electrons. The van der Waals surface area contributed by atoms with Gasteiger partial charge in [0.1, 0.15) is 11.6 Å². The molecule has 0 aromatic heterocycles. The highest BCUT2D eigenvalue weighted by Crippen LogP contribution is 2.37. The van der Waals surface area contributed by atoms with Crippen LogP contribution >= 0.6 is 0 Å². The molecule has 1 aliphatic rings. The van der Waals surface area contributed by atoms with Crippen molar-refractivity contribution in [1.82, 2.24) is 10.2 Å². The van der Waals surface area contributed by atoms with Crippen LogP contribution in [0.15, 0.2) is 66.7 Å². The molecule has 0 aliphatic carbocycles. The molecular formula is C23H22F2N2. The van der Waals surface area contributed by atoms with Crippen molar-refractivity contribution in [3.8, 4) is 22.3 Å². The summed E-state index contributed by atoms with van der Waals surface area (Å²) in [6.45, 7) is 4.50. The third-order valence-corrected chi connectivity index (χ3v) is 5.06. The molecule has 0 spiro atoms. The van der Waals surface area contributed by atoms with Gasteiger partial charge in [-0.2, -0.15) is 0 Å². The molecule has 27 heavy (non-hydrogen) atoms. The van der Waals surface area contributed by atoms with Crippen LogP contribution in [0.1, 0.15) is 5.56 Å². The summed E-state index contributed by atoms with van der Waals surface area (Å²) >= 11 is 0. The zero-order valence-electron chi connectivity index (χ0n) is 15.1. The number of piperazine rings is 1. The van der Waals surface area contributed by atoms with Crippen LogP contribution in [0.25, 0.3) is 22.3 Å². The Morgan fingerprint density at radius 2 is 1.30 bits per heavy atom. The number of nitrogens with one attached hydrogen (secondary N) is 1. The molecule has 0 radical (unpaired) electrons. The Bertz CT molecular complexity index is 933. The van der Waals surface area contributed by atoms with Crippen molar-refractivity contribution in [3.05, 3.63) is 83.9 Å². The third kappa shape index (κ3) is 3.77. The van der Waals surface area contributed by atoms with Crippen molar-refractivity contribution < 1.29 is 8.78 Å². The van der Waals surface area contributed by atoms with E-state index in [-0.39, 0.29) is 11.6 Å². The van der Waals surface area contributed by atoms with Crippen molar-refractivity contribution in [2.75, 3.05) is 26.2 Å². The Hall–Kier alpha value is -2.56. The smallest absolute Gasteiger partial charge is 0.131 e. The van der Waals surface area contributed by atoms with Crippen LogP contribution in [0.5, 0.6) is 0 Å². The summed E-state index contributed by atoms with van der Waals surface area (Å²) in [6, 6.07) is 19.3. The number of rotatable bonds is 4. The van der Waals surface area contributed by atoms with Crippen molar-refractivity contribution >= 4 is 0 Å². The molecule has 1 N–H and O–H groups in total. The van der Waals surface area contributed by atoms with Crippen LogP contribution in [0.3, 0.4) is 0 Å². The standard InChI is InChI=1S/C23H22F2N2/c24-21-10-3-1-7-18(21)19-9-5-6-17(16-27-14-12-26-13-15-27)23(19)20-8-2-4-11-22(20)25/h1-11,26H,12-16H2. The van der Waals surface area contributed by atoms with Gasteiger partial charge in [-0.3, -0.25) is 4.90 Å². The molecule has 0 atom stereocenters. The lowest BCUT2D eigenvalue weighted by Gasteiger charge is -2.28. The molecule has 3 aromatic carbocycles. The van der Waals surface area contributed by atoms with Gasteiger partial charge in [-0.25, -0.2) is 8.78 Å². The summed E-state index contributed by atoms with van der Waals surface area (Å²) in [5.74, 6) is -0.586. The van der Waals surface area contributed by atoms with Crippen LogP contribution in [0.4, 0.5) is 8.78 Å². The lowest BCUT2D eigenvalue weighted by atomic mass is 9.89. The second-order valence-electron chi connectivity index (χ2n) is 6.83. The minimum Gasteiger partial charge on any atom is -0.314 e. The molecule has 4 rings (SSSR count). The monoisotopic (exact) mass is 364 g/mol. The number of benzene rings is 3. The van der Waals surface area contributed by atoms with E-state index in [1.165, 1.54) is 12.1 Å². The Kier molecular flexibility index (Phi) is 5.28. The fourth-order valence-electron chi connectivity index (χ4n) is 3.73. The van der Waals surface area contributed by atoms with E-state index in [0.29, 0.717) is 17.7 Å². The van der Waals surface area contributed by atoms with Gasteiger partial charge in [-0.05, 0) is 28.8 Å². The van der Waals surface area contributed by atoms with Gasteiger partial charge in [0.15, 0.2) is 0 Å². The summed E-state index contributed by atoms with van der Waals surface area (Å²) in [4.78, 5) is 2.35. The molecule has 0 unspecified atom stereocenters. The van der Waals surface area contributed by atoms with Gasteiger partial charge in [-0.1, -0.05) is 54.6 Å². The SMILES string of the molecule is Fc1ccccc1-c1cccc(CN2CCNCC2)c1-c1ccccc1F. The number of nitrogens with zero attached hydrogens (tertiary/aromatic N) is 1. The molecule has 2 nitrogen and oxygen atoms in total. The Balaban J connectivity index is 1.88. The number of hydrogen-bond acceptors (Lipinski definition) is 2. The fraction of sp³-hybridized carbons (Fsp3) is 0.217. The molecule has 1 fully saturated rings. The van der Waals surface area contributed by atoms with Crippen molar-refractivity contribution in [1.29, 1.82) is 0 Å². The van der Waals surface area contributed by atoms with Crippen LogP contribution in [-0.4, -0.2) is 31.1 Å². The van der Waals surface area contributed by atoms with E-state index in [9.17, 15) is 8.78 Å². The van der Waals surface area contributed by atoms with E-state index in [2.05, 4.69) is 10.2 Å². The maximum atomic E-state index is 14.7. The summed E-state index contributed by atoms with van der Waals surface area (Å²) in [6.07, 6.45) is 0.